The normalized spacial score (nSPS) is 21.4. The van der Waals surface area contributed by atoms with Crippen molar-refractivity contribution in [2.24, 2.45) is 0 Å². The van der Waals surface area contributed by atoms with E-state index in [4.69, 9.17) is 19.9 Å². The number of nitrogens with zero attached hydrogens (tertiary/aromatic N) is 1. The minimum absolute atomic E-state index is 0.211. The van der Waals surface area contributed by atoms with Crippen LogP contribution < -0.4 is 15.4 Å². The predicted octanol–water partition coefficient (Wildman–Crippen LogP) is 1.76. The van der Waals surface area contributed by atoms with Crippen LogP contribution >= 0.6 is 0 Å². The molecule has 0 aromatic heterocycles. The van der Waals surface area contributed by atoms with Crippen LogP contribution in [-0.4, -0.2) is 39.2 Å². The highest BCUT2D eigenvalue weighted by atomic mass is 19.1. The molecule has 0 saturated carbocycles. The van der Waals surface area contributed by atoms with Gasteiger partial charge in [0.1, 0.15) is 0 Å². The summed E-state index contributed by atoms with van der Waals surface area (Å²) in [5.74, 6) is -0.650. The summed E-state index contributed by atoms with van der Waals surface area (Å²) >= 11 is 0. The fourth-order valence-corrected chi connectivity index (χ4v) is 2.86. The Hall–Kier alpha value is -1.53. The van der Waals surface area contributed by atoms with Crippen LogP contribution in [-0.2, 0) is 9.47 Å². The van der Waals surface area contributed by atoms with Crippen molar-refractivity contribution in [2.75, 3.05) is 44.0 Å². The molecular formula is C14H19FN2O3. The Bertz CT molecular complexity index is 493. The van der Waals surface area contributed by atoms with Gasteiger partial charge in [-0.05, 0) is 0 Å². The van der Waals surface area contributed by atoms with E-state index in [0.717, 1.165) is 31.6 Å². The molecule has 0 aliphatic carbocycles. The third kappa shape index (κ3) is 2.29. The number of rotatable bonds is 2. The maximum absolute atomic E-state index is 13.6. The minimum atomic E-state index is -0.440. The number of hydrogen-bond donors (Lipinski definition) is 1. The van der Waals surface area contributed by atoms with E-state index in [1.807, 2.05) is 0 Å². The molecule has 0 atom stereocenters. The molecule has 110 valence electrons. The van der Waals surface area contributed by atoms with E-state index < -0.39 is 11.6 Å². The van der Waals surface area contributed by atoms with Crippen molar-refractivity contribution >= 4 is 11.4 Å². The molecule has 2 N–H and O–H groups in total. The molecule has 2 aliphatic rings. The van der Waals surface area contributed by atoms with Crippen LogP contribution in [0.3, 0.4) is 0 Å². The van der Waals surface area contributed by atoms with Crippen molar-refractivity contribution in [1.29, 1.82) is 0 Å². The van der Waals surface area contributed by atoms with Crippen molar-refractivity contribution in [3.05, 3.63) is 17.9 Å². The number of hydrogen-bond acceptors (Lipinski definition) is 5. The highest BCUT2D eigenvalue weighted by molar-refractivity contribution is 5.70. The Balaban J connectivity index is 1.77. The van der Waals surface area contributed by atoms with E-state index in [1.54, 1.807) is 6.07 Å². The maximum atomic E-state index is 13.6. The first-order chi connectivity index (χ1) is 9.63. The number of halogens is 1. The van der Waals surface area contributed by atoms with Crippen LogP contribution in [0.25, 0.3) is 0 Å². The molecule has 2 fully saturated rings. The van der Waals surface area contributed by atoms with E-state index >= 15 is 0 Å². The molecule has 20 heavy (non-hydrogen) atoms. The maximum Gasteiger partial charge on any atom is 0.171 e. The second-order valence-corrected chi connectivity index (χ2v) is 5.14. The Kier molecular flexibility index (Phi) is 3.43. The van der Waals surface area contributed by atoms with Gasteiger partial charge < -0.3 is 24.8 Å². The number of nitrogen functional groups attached to an aromatic ring is 1. The van der Waals surface area contributed by atoms with Gasteiger partial charge in [-0.2, -0.15) is 0 Å². The molecule has 0 unspecified atom stereocenters. The molecule has 0 amide bonds. The molecule has 6 heteroatoms. The molecule has 2 saturated heterocycles. The summed E-state index contributed by atoms with van der Waals surface area (Å²) in [5.41, 5.74) is 7.15. The van der Waals surface area contributed by atoms with Crippen LogP contribution in [0, 0.1) is 5.82 Å². The summed E-state index contributed by atoms with van der Waals surface area (Å²) in [6.07, 6.45) is 1.57. The zero-order chi connectivity index (χ0) is 14.2. The summed E-state index contributed by atoms with van der Waals surface area (Å²) in [5, 5.41) is 0. The zero-order valence-corrected chi connectivity index (χ0v) is 11.5. The molecule has 2 heterocycles. The van der Waals surface area contributed by atoms with Gasteiger partial charge in [-0.1, -0.05) is 0 Å². The van der Waals surface area contributed by atoms with Crippen LogP contribution in [0.2, 0.25) is 0 Å². The van der Waals surface area contributed by atoms with Gasteiger partial charge in [0.15, 0.2) is 17.4 Å². The lowest BCUT2D eigenvalue weighted by atomic mass is 10.0. The van der Waals surface area contributed by atoms with Crippen LogP contribution in [0.4, 0.5) is 15.8 Å². The number of benzene rings is 1. The highest BCUT2D eigenvalue weighted by Crippen LogP contribution is 2.37. The Morgan fingerprint density at radius 1 is 1.25 bits per heavy atom. The summed E-state index contributed by atoms with van der Waals surface area (Å²) in [4.78, 5) is 2.12. The largest absolute Gasteiger partial charge is 0.494 e. The van der Waals surface area contributed by atoms with Gasteiger partial charge in [0.25, 0.3) is 0 Å². The standard InChI is InChI=1S/C14H19FN2O3/c1-18-13-9-12(11(16)8-10(13)15)17-4-2-14(3-5-17)19-6-7-20-14/h8-9H,2-7,16H2,1H3. The predicted molar refractivity (Wildman–Crippen MR) is 73.4 cm³/mol. The van der Waals surface area contributed by atoms with Crippen molar-refractivity contribution in [2.45, 2.75) is 18.6 Å². The van der Waals surface area contributed by atoms with Crippen molar-refractivity contribution in [3.63, 3.8) is 0 Å². The van der Waals surface area contributed by atoms with E-state index in [0.29, 0.717) is 18.9 Å². The second kappa shape index (κ2) is 5.10. The van der Waals surface area contributed by atoms with Crippen molar-refractivity contribution < 1.29 is 18.6 Å². The fraction of sp³-hybridized carbons (Fsp3) is 0.571. The summed E-state index contributed by atoms with van der Waals surface area (Å²) in [7, 11) is 1.45. The molecule has 5 nitrogen and oxygen atoms in total. The Morgan fingerprint density at radius 2 is 1.90 bits per heavy atom. The average molecular weight is 282 g/mol. The molecule has 1 spiro atoms. The van der Waals surface area contributed by atoms with Crippen LogP contribution in [0.15, 0.2) is 12.1 Å². The SMILES string of the molecule is COc1cc(N2CCC3(CC2)OCCO3)c(N)cc1F. The Morgan fingerprint density at radius 3 is 2.50 bits per heavy atom. The third-order valence-electron chi connectivity index (χ3n) is 3.98. The van der Waals surface area contributed by atoms with Gasteiger partial charge in [-0.3, -0.25) is 0 Å². The number of anilines is 2. The van der Waals surface area contributed by atoms with E-state index in [2.05, 4.69) is 4.90 Å². The topological polar surface area (TPSA) is 57.0 Å². The first-order valence-electron chi connectivity index (χ1n) is 6.79. The van der Waals surface area contributed by atoms with Crippen molar-refractivity contribution in [3.8, 4) is 5.75 Å². The zero-order valence-electron chi connectivity index (χ0n) is 11.5. The lowest BCUT2D eigenvalue weighted by Crippen LogP contribution is -2.45. The Labute approximate surface area is 117 Å². The first kappa shape index (κ1) is 13.5. The van der Waals surface area contributed by atoms with Gasteiger partial charge in [-0.15, -0.1) is 0 Å². The summed E-state index contributed by atoms with van der Waals surface area (Å²) in [6, 6.07) is 2.96. The number of methoxy groups -OCH3 is 1. The van der Waals surface area contributed by atoms with Gasteiger partial charge in [0.2, 0.25) is 0 Å². The monoisotopic (exact) mass is 282 g/mol. The van der Waals surface area contributed by atoms with Crippen LogP contribution in [0.5, 0.6) is 5.75 Å². The minimum Gasteiger partial charge on any atom is -0.494 e. The number of nitrogens with two attached hydrogens (primary N) is 1. The molecule has 3 rings (SSSR count). The van der Waals surface area contributed by atoms with Gasteiger partial charge in [-0.25, -0.2) is 4.39 Å². The molecule has 1 aromatic carbocycles. The van der Waals surface area contributed by atoms with Gasteiger partial charge >= 0.3 is 0 Å². The molecule has 2 aliphatic heterocycles. The second-order valence-electron chi connectivity index (χ2n) is 5.14. The van der Waals surface area contributed by atoms with E-state index in [9.17, 15) is 4.39 Å². The quantitative estimate of drug-likeness (QED) is 0.838. The summed E-state index contributed by atoms with van der Waals surface area (Å²) in [6.45, 7) is 2.84. The molecule has 0 bridgehead atoms. The van der Waals surface area contributed by atoms with Gasteiger partial charge in [0.05, 0.1) is 31.7 Å². The smallest absolute Gasteiger partial charge is 0.171 e. The van der Waals surface area contributed by atoms with E-state index in [-0.39, 0.29) is 5.75 Å². The highest BCUT2D eigenvalue weighted by Gasteiger charge is 2.40. The average Bonchev–Trinajstić information content (AvgIpc) is 2.89. The van der Waals surface area contributed by atoms with E-state index in [1.165, 1.54) is 13.2 Å². The lowest BCUT2D eigenvalue weighted by molar-refractivity contribution is -0.169. The first-order valence-corrected chi connectivity index (χ1v) is 6.79. The molecule has 1 aromatic rings. The van der Waals surface area contributed by atoms with Crippen molar-refractivity contribution in [1.82, 2.24) is 0 Å². The number of ether oxygens (including phenoxy) is 3. The number of piperidine rings is 1. The third-order valence-corrected chi connectivity index (χ3v) is 3.98. The molecular weight excluding hydrogens is 263 g/mol. The lowest BCUT2D eigenvalue weighted by Gasteiger charge is -2.39. The van der Waals surface area contributed by atoms with Crippen LogP contribution in [0.1, 0.15) is 12.8 Å². The molecule has 0 radical (unpaired) electrons. The fourth-order valence-electron chi connectivity index (χ4n) is 2.86. The summed E-state index contributed by atoms with van der Waals surface area (Å²) < 4.78 is 30.0. The van der Waals surface area contributed by atoms with Gasteiger partial charge in [0, 0.05) is 38.1 Å².